The van der Waals surface area contributed by atoms with Crippen LogP contribution in [0, 0.1) is 0 Å². The Hall–Kier alpha value is -0.900. The molecule has 4 heteroatoms. The zero-order chi connectivity index (χ0) is 9.47. The second-order valence-electron chi connectivity index (χ2n) is 3.97. The molecule has 72 valence electrons. The van der Waals surface area contributed by atoms with Crippen LogP contribution in [0.15, 0.2) is 0 Å². The maximum Gasteiger partial charge on any atom is 0.152 e. The minimum atomic E-state index is -0.324. The number of aryl methyl sites for hydroxylation is 1. The Morgan fingerprint density at radius 1 is 1.54 bits per heavy atom. The van der Waals surface area contributed by atoms with E-state index < -0.39 is 0 Å². The molecule has 1 aliphatic rings. The van der Waals surface area contributed by atoms with Crippen LogP contribution in [0.1, 0.15) is 38.3 Å². The fourth-order valence-corrected chi connectivity index (χ4v) is 1.73. The van der Waals surface area contributed by atoms with E-state index in [0.717, 1.165) is 31.0 Å². The van der Waals surface area contributed by atoms with Gasteiger partial charge in [0.05, 0.1) is 5.54 Å². The van der Waals surface area contributed by atoms with E-state index in [2.05, 4.69) is 21.7 Å². The Morgan fingerprint density at radius 2 is 2.31 bits per heavy atom. The van der Waals surface area contributed by atoms with Gasteiger partial charge in [-0.15, -0.1) is 10.2 Å². The number of aromatic nitrogens is 3. The predicted molar refractivity (Wildman–Crippen MR) is 50.2 cm³/mol. The molecular weight excluding hydrogens is 164 g/mol. The summed E-state index contributed by atoms with van der Waals surface area (Å²) in [6.07, 6.45) is 3.12. The molecule has 0 aliphatic carbocycles. The van der Waals surface area contributed by atoms with Gasteiger partial charge in [0.15, 0.2) is 5.82 Å². The van der Waals surface area contributed by atoms with Crippen LogP contribution >= 0.6 is 0 Å². The van der Waals surface area contributed by atoms with Crippen LogP contribution in [0.5, 0.6) is 0 Å². The van der Waals surface area contributed by atoms with E-state index in [9.17, 15) is 0 Å². The molecule has 0 saturated heterocycles. The summed E-state index contributed by atoms with van der Waals surface area (Å²) in [5.74, 6) is 2.04. The lowest BCUT2D eigenvalue weighted by molar-refractivity contribution is 0.422. The lowest BCUT2D eigenvalue weighted by atomic mass is 10.00. The van der Waals surface area contributed by atoms with Crippen molar-refractivity contribution in [3.63, 3.8) is 0 Å². The molecule has 1 aromatic heterocycles. The summed E-state index contributed by atoms with van der Waals surface area (Å²) in [6, 6.07) is 0. The Morgan fingerprint density at radius 3 is 3.00 bits per heavy atom. The Bertz CT molecular complexity index is 313. The van der Waals surface area contributed by atoms with Gasteiger partial charge in [-0.25, -0.2) is 0 Å². The maximum atomic E-state index is 6.13. The number of fused-ring (bicyclic) bond motifs is 1. The molecule has 2 heterocycles. The van der Waals surface area contributed by atoms with E-state index in [4.69, 9.17) is 5.73 Å². The first-order chi connectivity index (χ1) is 6.15. The molecule has 2 N–H and O–H groups in total. The maximum absolute atomic E-state index is 6.13. The van der Waals surface area contributed by atoms with Crippen molar-refractivity contribution in [1.29, 1.82) is 0 Å². The topological polar surface area (TPSA) is 56.7 Å². The summed E-state index contributed by atoms with van der Waals surface area (Å²) < 4.78 is 2.17. The Balaban J connectivity index is 2.41. The number of hydrogen-bond donors (Lipinski definition) is 1. The summed E-state index contributed by atoms with van der Waals surface area (Å²) in [5, 5.41) is 8.31. The van der Waals surface area contributed by atoms with Gasteiger partial charge in [-0.2, -0.15) is 0 Å². The van der Waals surface area contributed by atoms with Gasteiger partial charge in [-0.3, -0.25) is 0 Å². The van der Waals surface area contributed by atoms with Gasteiger partial charge in [0.1, 0.15) is 5.82 Å². The standard InChI is InChI=1S/C9H16N4/c1-3-9(2,10)8-12-11-7-5-4-6-13(7)8/h3-6,10H2,1-2H3. The van der Waals surface area contributed by atoms with Crippen LogP contribution in [0.3, 0.4) is 0 Å². The van der Waals surface area contributed by atoms with Crippen LogP contribution in [-0.4, -0.2) is 14.8 Å². The summed E-state index contributed by atoms with van der Waals surface area (Å²) >= 11 is 0. The van der Waals surface area contributed by atoms with Gasteiger partial charge >= 0.3 is 0 Å². The second kappa shape index (κ2) is 2.80. The molecular formula is C9H16N4. The van der Waals surface area contributed by atoms with Crippen LogP contribution in [0.2, 0.25) is 0 Å². The molecule has 0 spiro atoms. The first kappa shape index (κ1) is 8.69. The smallest absolute Gasteiger partial charge is 0.152 e. The zero-order valence-corrected chi connectivity index (χ0v) is 8.25. The highest BCUT2D eigenvalue weighted by molar-refractivity contribution is 5.09. The van der Waals surface area contributed by atoms with E-state index in [1.807, 2.05) is 6.92 Å². The number of nitrogens with zero attached hydrogens (tertiary/aromatic N) is 3. The molecule has 1 unspecified atom stereocenters. The highest BCUT2D eigenvalue weighted by atomic mass is 15.3. The van der Waals surface area contributed by atoms with Crippen molar-refractivity contribution < 1.29 is 0 Å². The molecule has 0 fully saturated rings. The molecule has 0 bridgehead atoms. The lowest BCUT2D eigenvalue weighted by Gasteiger charge is -2.21. The zero-order valence-electron chi connectivity index (χ0n) is 8.25. The van der Waals surface area contributed by atoms with Crippen molar-refractivity contribution in [2.75, 3.05) is 0 Å². The molecule has 1 aromatic rings. The third-order valence-corrected chi connectivity index (χ3v) is 2.85. The van der Waals surface area contributed by atoms with Crippen LogP contribution in [0.25, 0.3) is 0 Å². The van der Waals surface area contributed by atoms with E-state index >= 15 is 0 Å². The molecule has 0 amide bonds. The van der Waals surface area contributed by atoms with Crippen molar-refractivity contribution in [1.82, 2.24) is 14.8 Å². The molecule has 2 rings (SSSR count). The number of nitrogens with two attached hydrogens (primary N) is 1. The van der Waals surface area contributed by atoms with E-state index in [1.54, 1.807) is 0 Å². The van der Waals surface area contributed by atoms with Crippen molar-refractivity contribution in [2.24, 2.45) is 5.73 Å². The van der Waals surface area contributed by atoms with Crippen molar-refractivity contribution in [2.45, 2.75) is 45.2 Å². The van der Waals surface area contributed by atoms with Gasteiger partial charge in [0.2, 0.25) is 0 Å². The fraction of sp³-hybridized carbons (Fsp3) is 0.778. The molecule has 0 radical (unpaired) electrons. The van der Waals surface area contributed by atoms with Gasteiger partial charge in [0, 0.05) is 13.0 Å². The first-order valence-electron chi connectivity index (χ1n) is 4.86. The van der Waals surface area contributed by atoms with Gasteiger partial charge in [0.25, 0.3) is 0 Å². The monoisotopic (exact) mass is 180 g/mol. The normalized spacial score (nSPS) is 19.9. The number of hydrogen-bond acceptors (Lipinski definition) is 3. The molecule has 0 aromatic carbocycles. The molecule has 1 aliphatic heterocycles. The average molecular weight is 180 g/mol. The van der Waals surface area contributed by atoms with E-state index in [-0.39, 0.29) is 5.54 Å². The van der Waals surface area contributed by atoms with Crippen molar-refractivity contribution >= 4 is 0 Å². The number of rotatable bonds is 2. The van der Waals surface area contributed by atoms with Crippen molar-refractivity contribution in [3.8, 4) is 0 Å². The van der Waals surface area contributed by atoms with Gasteiger partial charge in [-0.05, 0) is 19.8 Å². The lowest BCUT2D eigenvalue weighted by Crippen LogP contribution is -2.35. The third-order valence-electron chi connectivity index (χ3n) is 2.85. The minimum absolute atomic E-state index is 0.324. The highest BCUT2D eigenvalue weighted by Crippen LogP contribution is 2.23. The summed E-state index contributed by atoms with van der Waals surface area (Å²) in [6.45, 7) is 5.13. The molecule has 0 saturated carbocycles. The van der Waals surface area contributed by atoms with Crippen molar-refractivity contribution in [3.05, 3.63) is 11.6 Å². The molecule has 4 nitrogen and oxygen atoms in total. The van der Waals surface area contributed by atoms with Crippen LogP contribution in [0.4, 0.5) is 0 Å². The second-order valence-corrected chi connectivity index (χ2v) is 3.97. The minimum Gasteiger partial charge on any atom is -0.319 e. The SMILES string of the molecule is CCC(C)(N)c1nnc2n1CCC2. The Kier molecular flexibility index (Phi) is 1.87. The largest absolute Gasteiger partial charge is 0.319 e. The summed E-state index contributed by atoms with van der Waals surface area (Å²) in [7, 11) is 0. The van der Waals surface area contributed by atoms with Crippen LogP contribution in [-0.2, 0) is 18.5 Å². The Labute approximate surface area is 78.1 Å². The average Bonchev–Trinajstić information content (AvgIpc) is 2.62. The van der Waals surface area contributed by atoms with E-state index in [0.29, 0.717) is 0 Å². The molecule has 13 heavy (non-hydrogen) atoms. The van der Waals surface area contributed by atoms with Crippen LogP contribution < -0.4 is 5.73 Å². The van der Waals surface area contributed by atoms with E-state index in [1.165, 1.54) is 6.42 Å². The molecule has 1 atom stereocenters. The van der Waals surface area contributed by atoms with Gasteiger partial charge in [-0.1, -0.05) is 6.92 Å². The predicted octanol–water partition coefficient (Wildman–Crippen LogP) is 0.808. The fourth-order valence-electron chi connectivity index (χ4n) is 1.73. The quantitative estimate of drug-likeness (QED) is 0.732. The third kappa shape index (κ3) is 1.25. The summed E-state index contributed by atoms with van der Waals surface area (Å²) in [4.78, 5) is 0. The highest BCUT2D eigenvalue weighted by Gasteiger charge is 2.28. The van der Waals surface area contributed by atoms with Gasteiger partial charge < -0.3 is 10.3 Å². The first-order valence-corrected chi connectivity index (χ1v) is 4.86. The summed E-state index contributed by atoms with van der Waals surface area (Å²) in [5.41, 5.74) is 5.81.